The van der Waals surface area contributed by atoms with Gasteiger partial charge in [0.15, 0.2) is 13.9 Å². The van der Waals surface area contributed by atoms with Gasteiger partial charge in [-0.3, -0.25) is 9.78 Å². The Morgan fingerprint density at radius 2 is 1.67 bits per heavy atom. The molecule has 0 unspecified atom stereocenters. The van der Waals surface area contributed by atoms with Crippen LogP contribution in [0.15, 0.2) is 18.3 Å². The number of β-lactam (4-membered cyclic amide) rings is 1. The van der Waals surface area contributed by atoms with E-state index in [0.717, 1.165) is 30.2 Å². The quantitative estimate of drug-likeness (QED) is 0.148. The predicted molar refractivity (Wildman–Crippen MR) is 155 cm³/mol. The highest BCUT2D eigenvalue weighted by atomic mass is 28.4. The van der Waals surface area contributed by atoms with E-state index in [4.69, 9.17) is 23.4 Å². The number of hydrogen-bond acceptors (Lipinski definition) is 7. The topological polar surface area (TPSA) is 79.4 Å². The third-order valence-electron chi connectivity index (χ3n) is 8.94. The molecule has 0 radical (unpaired) electrons. The van der Waals surface area contributed by atoms with Gasteiger partial charge in [-0.15, -0.1) is 0 Å². The van der Waals surface area contributed by atoms with Gasteiger partial charge in [-0.05, 0) is 54.3 Å². The number of pyridine rings is 1. The molecule has 1 aromatic rings. The number of likely N-dealkylation sites (tertiary alicyclic amines) is 1. The predicted octanol–water partition coefficient (Wildman–Crippen LogP) is 5.95. The van der Waals surface area contributed by atoms with Crippen LogP contribution in [0.2, 0.25) is 16.6 Å². The largest absolute Gasteiger partial charge is 0.490 e. The zero-order chi connectivity index (χ0) is 28.8. The Hall–Kier alpha value is -1.52. The summed E-state index contributed by atoms with van der Waals surface area (Å²) in [6.45, 7) is 16.5. The zero-order valence-corrected chi connectivity index (χ0v) is 26.7. The van der Waals surface area contributed by atoms with Gasteiger partial charge in [0, 0.05) is 38.6 Å². The van der Waals surface area contributed by atoms with Crippen molar-refractivity contribution in [1.82, 2.24) is 9.88 Å². The molecular weight excluding hydrogens is 512 g/mol. The fourth-order valence-corrected chi connectivity index (χ4v) is 12.4. The standard InChI is InChI=1S/C30H52N2O6Si/c1-21(2)39(22(3)4,23(5)6)37-18-28-30(36-20-35-9,29(33)32(28)19-34-8)17-25-16-27(14-15-31-25)38-26-12-10-24(7)11-13-26/h14-16,21-24,26,28H,10-13,17-20H2,1-9H3/t24-,26-,28-,30+/m0/s1. The number of amides is 1. The van der Waals surface area contributed by atoms with E-state index in [-0.39, 0.29) is 31.6 Å². The van der Waals surface area contributed by atoms with Crippen LogP contribution in [-0.2, 0) is 29.9 Å². The number of ether oxygens (including phenoxy) is 4. The first-order valence-corrected chi connectivity index (χ1v) is 16.8. The van der Waals surface area contributed by atoms with E-state index in [2.05, 4.69) is 53.5 Å². The Balaban J connectivity index is 1.87. The Morgan fingerprint density at radius 3 is 2.23 bits per heavy atom. The number of hydrogen-bond donors (Lipinski definition) is 0. The summed E-state index contributed by atoms with van der Waals surface area (Å²) in [7, 11) is 0.999. The molecule has 9 heteroatoms. The highest BCUT2D eigenvalue weighted by Gasteiger charge is 2.63. The van der Waals surface area contributed by atoms with Crippen molar-refractivity contribution in [1.29, 1.82) is 0 Å². The van der Waals surface area contributed by atoms with Crippen molar-refractivity contribution < 1.29 is 28.2 Å². The number of carbonyl (C=O) groups is 1. The Morgan fingerprint density at radius 1 is 1.03 bits per heavy atom. The first kappa shape index (κ1) is 32.0. The van der Waals surface area contributed by atoms with Crippen molar-refractivity contribution in [3.8, 4) is 5.75 Å². The molecule has 0 spiro atoms. The summed E-state index contributed by atoms with van der Waals surface area (Å²) >= 11 is 0. The van der Waals surface area contributed by atoms with Gasteiger partial charge < -0.3 is 28.3 Å². The third kappa shape index (κ3) is 6.86. The lowest BCUT2D eigenvalue weighted by Gasteiger charge is -2.56. The van der Waals surface area contributed by atoms with Crippen molar-refractivity contribution in [2.75, 3.05) is 34.4 Å². The first-order valence-electron chi connectivity index (χ1n) is 14.7. The number of rotatable bonds is 15. The number of methoxy groups -OCH3 is 2. The maximum absolute atomic E-state index is 13.7. The smallest absolute Gasteiger partial charge is 0.259 e. The second kappa shape index (κ2) is 13.9. The van der Waals surface area contributed by atoms with E-state index in [1.807, 2.05) is 12.1 Å². The van der Waals surface area contributed by atoms with Crippen LogP contribution in [0, 0.1) is 5.92 Å². The lowest BCUT2D eigenvalue weighted by atomic mass is 9.79. The molecule has 3 rings (SSSR count). The number of aromatic nitrogens is 1. The average molecular weight is 565 g/mol. The molecule has 222 valence electrons. The lowest BCUT2D eigenvalue weighted by molar-refractivity contribution is -0.237. The molecule has 1 aliphatic carbocycles. The van der Waals surface area contributed by atoms with Crippen molar-refractivity contribution in [2.45, 2.75) is 115 Å². The monoisotopic (exact) mass is 564 g/mol. The van der Waals surface area contributed by atoms with E-state index in [0.29, 0.717) is 29.7 Å². The van der Waals surface area contributed by atoms with Crippen LogP contribution >= 0.6 is 0 Å². The summed E-state index contributed by atoms with van der Waals surface area (Å²) < 4.78 is 30.3. The van der Waals surface area contributed by atoms with Crippen LogP contribution in [0.1, 0.15) is 79.8 Å². The van der Waals surface area contributed by atoms with Crippen LogP contribution in [0.4, 0.5) is 0 Å². The second-order valence-corrected chi connectivity index (χ2v) is 17.9. The van der Waals surface area contributed by atoms with Crippen LogP contribution in [0.5, 0.6) is 5.75 Å². The minimum absolute atomic E-state index is 0.000619. The minimum atomic E-state index is -2.17. The van der Waals surface area contributed by atoms with Gasteiger partial charge in [-0.2, -0.15) is 0 Å². The fraction of sp³-hybridized carbons (Fsp3) is 0.800. The summed E-state index contributed by atoms with van der Waals surface area (Å²) in [6.07, 6.45) is 6.80. The van der Waals surface area contributed by atoms with Gasteiger partial charge in [0.25, 0.3) is 5.91 Å². The molecule has 1 saturated heterocycles. The maximum Gasteiger partial charge on any atom is 0.259 e. The van der Waals surface area contributed by atoms with E-state index in [9.17, 15) is 4.79 Å². The SMILES string of the molecule is COCO[C@@]1(Cc2cc(O[C@H]3CC[C@H](C)CC3)ccn2)C(=O)N(COC)[C@H]1CO[Si](C(C)C)(C(C)C)C(C)C. The Kier molecular flexibility index (Phi) is 11.4. The van der Waals surface area contributed by atoms with E-state index < -0.39 is 13.9 Å². The van der Waals surface area contributed by atoms with Crippen molar-refractivity contribution in [3.63, 3.8) is 0 Å². The molecule has 2 heterocycles. The normalized spacial score (nSPS) is 26.0. The highest BCUT2D eigenvalue weighted by molar-refractivity contribution is 6.77. The Bertz CT molecular complexity index is 899. The highest BCUT2D eigenvalue weighted by Crippen LogP contribution is 2.45. The Labute approximate surface area is 237 Å². The van der Waals surface area contributed by atoms with Gasteiger partial charge >= 0.3 is 0 Å². The molecule has 1 saturated carbocycles. The molecule has 39 heavy (non-hydrogen) atoms. The lowest BCUT2D eigenvalue weighted by Crippen LogP contribution is -2.78. The van der Waals surface area contributed by atoms with Gasteiger partial charge in [-0.1, -0.05) is 48.5 Å². The molecule has 0 bridgehead atoms. The molecule has 2 atom stereocenters. The van der Waals surface area contributed by atoms with E-state index in [1.165, 1.54) is 12.8 Å². The number of carbonyl (C=O) groups excluding carboxylic acids is 1. The third-order valence-corrected chi connectivity index (χ3v) is 15.0. The molecule has 8 nitrogen and oxygen atoms in total. The van der Waals surface area contributed by atoms with Crippen LogP contribution in [0.25, 0.3) is 0 Å². The summed E-state index contributed by atoms with van der Waals surface area (Å²) in [5, 5.41) is 0. The summed E-state index contributed by atoms with van der Waals surface area (Å²) in [5.74, 6) is 1.43. The van der Waals surface area contributed by atoms with Gasteiger partial charge in [0.1, 0.15) is 19.3 Å². The van der Waals surface area contributed by atoms with E-state index >= 15 is 0 Å². The van der Waals surface area contributed by atoms with Crippen LogP contribution in [-0.4, -0.2) is 76.2 Å². The first-order chi connectivity index (χ1) is 18.5. The fourth-order valence-electron chi connectivity index (χ4n) is 6.95. The molecule has 1 amide bonds. The second-order valence-electron chi connectivity index (χ2n) is 12.4. The maximum atomic E-state index is 13.7. The van der Waals surface area contributed by atoms with Gasteiger partial charge in [-0.25, -0.2) is 0 Å². The molecule has 1 aliphatic heterocycles. The molecule has 2 fully saturated rings. The van der Waals surface area contributed by atoms with Gasteiger partial charge in [0.2, 0.25) is 0 Å². The summed E-state index contributed by atoms with van der Waals surface area (Å²) in [6, 6.07) is 3.53. The van der Waals surface area contributed by atoms with Crippen molar-refractivity contribution in [3.05, 3.63) is 24.0 Å². The molecule has 0 aromatic carbocycles. The summed E-state index contributed by atoms with van der Waals surface area (Å²) in [5.41, 5.74) is 0.888. The molecular formula is C30H52N2O6Si. The van der Waals surface area contributed by atoms with E-state index in [1.54, 1.807) is 25.3 Å². The molecule has 0 N–H and O–H groups in total. The molecule has 2 aliphatic rings. The van der Waals surface area contributed by atoms with Gasteiger partial charge in [0.05, 0.1) is 18.8 Å². The average Bonchev–Trinajstić information content (AvgIpc) is 2.89. The van der Waals surface area contributed by atoms with Crippen molar-refractivity contribution >= 4 is 14.2 Å². The zero-order valence-electron chi connectivity index (χ0n) is 25.7. The number of nitrogens with zero attached hydrogens (tertiary/aromatic N) is 2. The summed E-state index contributed by atoms with van der Waals surface area (Å²) in [4.78, 5) is 20.1. The minimum Gasteiger partial charge on any atom is -0.490 e. The van der Waals surface area contributed by atoms with Crippen LogP contribution in [0.3, 0.4) is 0 Å². The molecule has 1 aromatic heterocycles. The van der Waals surface area contributed by atoms with Crippen LogP contribution < -0.4 is 4.74 Å². The van der Waals surface area contributed by atoms with Crippen molar-refractivity contribution in [2.24, 2.45) is 5.92 Å².